The van der Waals surface area contributed by atoms with E-state index in [9.17, 15) is 4.79 Å². The van der Waals surface area contributed by atoms with Crippen molar-refractivity contribution in [1.82, 2.24) is 0 Å². The number of carboxylic acids is 1. The first-order chi connectivity index (χ1) is 7.10. The van der Waals surface area contributed by atoms with Gasteiger partial charge in [0.2, 0.25) is 0 Å². The van der Waals surface area contributed by atoms with Crippen LogP contribution >= 0.6 is 27.5 Å². The van der Waals surface area contributed by atoms with Gasteiger partial charge in [-0.1, -0.05) is 33.6 Å². The van der Waals surface area contributed by atoms with Gasteiger partial charge in [0.15, 0.2) is 0 Å². The summed E-state index contributed by atoms with van der Waals surface area (Å²) in [6.45, 7) is 0. The monoisotopic (exact) mass is 292 g/mol. The molecule has 0 aromatic heterocycles. The maximum atomic E-state index is 10.7. The maximum Gasteiger partial charge on any atom is 0.307 e. The lowest BCUT2D eigenvalue weighted by Gasteiger charge is -2.11. The number of benzene rings is 1. The number of carbonyl (C=O) groups is 1. The van der Waals surface area contributed by atoms with E-state index in [2.05, 4.69) is 15.9 Å². The van der Waals surface area contributed by atoms with Gasteiger partial charge < -0.3 is 9.84 Å². The number of methoxy groups -OCH3 is 1. The fourth-order valence-electron chi connectivity index (χ4n) is 1.26. The van der Waals surface area contributed by atoms with Crippen LogP contribution in [-0.2, 0) is 16.5 Å². The lowest BCUT2D eigenvalue weighted by atomic mass is 10.1. The molecule has 15 heavy (non-hydrogen) atoms. The van der Waals surface area contributed by atoms with Gasteiger partial charge >= 0.3 is 5.97 Å². The van der Waals surface area contributed by atoms with E-state index in [1.165, 1.54) is 7.11 Å². The predicted octanol–water partition coefficient (Wildman–Crippen LogP) is 2.87. The van der Waals surface area contributed by atoms with E-state index in [4.69, 9.17) is 21.4 Å². The summed E-state index contributed by atoms with van der Waals surface area (Å²) in [5.41, 5.74) is 1.46. The second-order valence-corrected chi connectivity index (χ2v) is 3.86. The number of hydrogen-bond donors (Lipinski definition) is 1. The largest absolute Gasteiger partial charge is 0.495 e. The average Bonchev–Trinajstić information content (AvgIpc) is 2.20. The van der Waals surface area contributed by atoms with Crippen molar-refractivity contribution in [3.8, 4) is 5.75 Å². The van der Waals surface area contributed by atoms with Crippen LogP contribution in [0.15, 0.2) is 12.1 Å². The lowest BCUT2D eigenvalue weighted by Crippen LogP contribution is -2.04. The van der Waals surface area contributed by atoms with Crippen molar-refractivity contribution in [2.45, 2.75) is 11.8 Å². The van der Waals surface area contributed by atoms with Gasteiger partial charge in [0, 0.05) is 5.33 Å². The summed E-state index contributed by atoms with van der Waals surface area (Å²) in [6, 6.07) is 3.53. The van der Waals surface area contributed by atoms with E-state index in [0.29, 0.717) is 21.7 Å². The summed E-state index contributed by atoms with van der Waals surface area (Å²) in [5.74, 6) is -0.412. The lowest BCUT2D eigenvalue weighted by molar-refractivity contribution is -0.136. The number of carboxylic acid groups (broad SMARTS) is 1. The van der Waals surface area contributed by atoms with Crippen LogP contribution in [0.1, 0.15) is 11.1 Å². The number of aliphatic carboxylic acids is 1. The molecule has 3 nitrogen and oxygen atoms in total. The Kier molecular flexibility index (Phi) is 4.42. The van der Waals surface area contributed by atoms with Crippen LogP contribution in [0.25, 0.3) is 0 Å². The molecule has 0 aliphatic heterocycles. The summed E-state index contributed by atoms with van der Waals surface area (Å²) >= 11 is 9.31. The first-order valence-corrected chi connectivity index (χ1v) is 5.72. The number of hydrogen-bond acceptors (Lipinski definition) is 2. The Bertz CT molecular complexity index is 379. The van der Waals surface area contributed by atoms with Gasteiger partial charge in [0.1, 0.15) is 5.75 Å². The van der Waals surface area contributed by atoms with Crippen molar-refractivity contribution < 1.29 is 14.6 Å². The topological polar surface area (TPSA) is 46.5 Å². The van der Waals surface area contributed by atoms with Gasteiger partial charge in [0.25, 0.3) is 0 Å². The van der Waals surface area contributed by atoms with Crippen LogP contribution in [0.5, 0.6) is 5.75 Å². The number of halogens is 2. The first kappa shape index (κ1) is 12.3. The summed E-state index contributed by atoms with van der Waals surface area (Å²) in [4.78, 5) is 10.7. The van der Waals surface area contributed by atoms with Gasteiger partial charge in [-0.2, -0.15) is 0 Å². The zero-order valence-corrected chi connectivity index (χ0v) is 10.4. The van der Waals surface area contributed by atoms with Gasteiger partial charge in [-0.25, -0.2) is 0 Å². The molecule has 0 aliphatic carbocycles. The fourth-order valence-corrected chi connectivity index (χ4v) is 2.12. The molecular formula is C10H10BrClO3. The SMILES string of the molecule is COc1ccc(CBr)c(CC(=O)O)c1Cl. The average molecular weight is 294 g/mol. The van der Waals surface area contributed by atoms with Crippen molar-refractivity contribution in [2.75, 3.05) is 7.11 Å². The molecule has 0 spiro atoms. The second kappa shape index (κ2) is 5.37. The zero-order valence-electron chi connectivity index (χ0n) is 8.09. The van der Waals surface area contributed by atoms with E-state index >= 15 is 0 Å². The summed E-state index contributed by atoms with van der Waals surface area (Å²) in [5, 5.41) is 9.70. The van der Waals surface area contributed by atoms with Crippen molar-refractivity contribution >= 4 is 33.5 Å². The van der Waals surface area contributed by atoms with Crippen LogP contribution in [0.2, 0.25) is 5.02 Å². The van der Waals surface area contributed by atoms with Crippen LogP contribution in [0.3, 0.4) is 0 Å². The zero-order chi connectivity index (χ0) is 11.4. The summed E-state index contributed by atoms with van der Waals surface area (Å²) in [7, 11) is 1.50. The Morgan fingerprint density at radius 2 is 2.27 bits per heavy atom. The molecule has 1 aromatic rings. The van der Waals surface area contributed by atoms with E-state index in [0.717, 1.165) is 5.56 Å². The number of alkyl halides is 1. The minimum atomic E-state index is -0.910. The molecule has 0 saturated heterocycles. The Hall–Kier alpha value is -0.740. The Morgan fingerprint density at radius 1 is 1.60 bits per heavy atom. The third kappa shape index (κ3) is 2.86. The molecule has 0 radical (unpaired) electrons. The van der Waals surface area contributed by atoms with Crippen LogP contribution in [0, 0.1) is 0 Å². The molecule has 1 rings (SSSR count). The molecule has 0 bridgehead atoms. The molecule has 0 fully saturated rings. The van der Waals surface area contributed by atoms with Crippen LogP contribution in [-0.4, -0.2) is 18.2 Å². The molecule has 1 N–H and O–H groups in total. The van der Waals surface area contributed by atoms with Gasteiger partial charge in [-0.15, -0.1) is 0 Å². The molecular weight excluding hydrogens is 283 g/mol. The molecule has 0 atom stereocenters. The number of ether oxygens (including phenoxy) is 1. The van der Waals surface area contributed by atoms with Crippen molar-refractivity contribution in [1.29, 1.82) is 0 Å². The Morgan fingerprint density at radius 3 is 2.73 bits per heavy atom. The molecule has 0 heterocycles. The standard InChI is InChI=1S/C10H10BrClO3/c1-15-8-3-2-6(5-11)7(10(8)12)4-9(13)14/h2-3H,4-5H2,1H3,(H,13,14). The van der Waals surface area contributed by atoms with Gasteiger partial charge in [0.05, 0.1) is 18.6 Å². The predicted molar refractivity (Wildman–Crippen MR) is 62.0 cm³/mol. The van der Waals surface area contributed by atoms with Gasteiger partial charge in [-0.05, 0) is 17.2 Å². The van der Waals surface area contributed by atoms with Gasteiger partial charge in [-0.3, -0.25) is 4.79 Å². The van der Waals surface area contributed by atoms with Crippen LogP contribution in [0.4, 0.5) is 0 Å². The van der Waals surface area contributed by atoms with Crippen molar-refractivity contribution in [3.05, 3.63) is 28.3 Å². The van der Waals surface area contributed by atoms with Crippen LogP contribution < -0.4 is 4.74 Å². The smallest absolute Gasteiger partial charge is 0.307 e. The summed E-state index contributed by atoms with van der Waals surface area (Å²) in [6.07, 6.45) is -0.100. The quantitative estimate of drug-likeness (QED) is 0.868. The van der Waals surface area contributed by atoms with Crippen molar-refractivity contribution in [2.24, 2.45) is 0 Å². The van der Waals surface area contributed by atoms with E-state index in [1.807, 2.05) is 0 Å². The minimum absolute atomic E-state index is 0.100. The van der Waals surface area contributed by atoms with E-state index in [-0.39, 0.29) is 6.42 Å². The highest BCUT2D eigenvalue weighted by Crippen LogP contribution is 2.32. The van der Waals surface area contributed by atoms with Crippen molar-refractivity contribution in [3.63, 3.8) is 0 Å². The highest BCUT2D eigenvalue weighted by Gasteiger charge is 2.14. The first-order valence-electron chi connectivity index (χ1n) is 4.22. The minimum Gasteiger partial charge on any atom is -0.495 e. The normalized spacial score (nSPS) is 10.1. The summed E-state index contributed by atoms with van der Waals surface area (Å²) < 4.78 is 5.03. The van der Waals surface area contributed by atoms with E-state index < -0.39 is 5.97 Å². The Labute approximate surface area is 101 Å². The maximum absolute atomic E-state index is 10.7. The molecule has 5 heteroatoms. The third-order valence-electron chi connectivity index (χ3n) is 2.00. The molecule has 1 aromatic carbocycles. The Balaban J connectivity index is 3.22. The molecule has 0 saturated carbocycles. The highest BCUT2D eigenvalue weighted by molar-refractivity contribution is 9.08. The number of rotatable bonds is 4. The molecule has 82 valence electrons. The van der Waals surface area contributed by atoms with E-state index in [1.54, 1.807) is 12.1 Å². The fraction of sp³-hybridized carbons (Fsp3) is 0.300. The second-order valence-electron chi connectivity index (χ2n) is 2.92. The molecule has 0 amide bonds. The third-order valence-corrected chi connectivity index (χ3v) is 3.02. The highest BCUT2D eigenvalue weighted by atomic mass is 79.9. The molecule has 0 unspecified atom stereocenters. The molecule has 0 aliphatic rings.